The van der Waals surface area contributed by atoms with Crippen LogP contribution in [0.5, 0.6) is 11.5 Å². The number of hydrogen-bond donors (Lipinski definition) is 2. The molecule has 2 aromatic carbocycles. The van der Waals surface area contributed by atoms with E-state index in [2.05, 4.69) is 37.5 Å². The number of urea groups is 1. The minimum atomic E-state index is -0.264. The molecule has 5 heteroatoms. The average Bonchev–Trinajstić information content (AvgIpc) is 2.59. The summed E-state index contributed by atoms with van der Waals surface area (Å²) >= 11 is 0. The normalized spacial score (nSPS) is 11.2. The Balaban J connectivity index is 1.73. The van der Waals surface area contributed by atoms with Gasteiger partial charge in [0.15, 0.2) is 0 Å². The van der Waals surface area contributed by atoms with E-state index in [-0.39, 0.29) is 17.6 Å². The summed E-state index contributed by atoms with van der Waals surface area (Å²) in [4.78, 5) is 12.0. The Morgan fingerprint density at radius 2 is 1.74 bits per heavy atom. The molecule has 2 amide bonds. The van der Waals surface area contributed by atoms with E-state index in [1.54, 1.807) is 0 Å². The standard InChI is InChI=1S/C22H30N2O3/c1-16(2)27-19-11-9-18(10-12-19)24-21(25)23-13-14-26-20-8-6-7-17(15-20)22(3,4)5/h6-12,15-16H,13-14H2,1-5H3,(H2,23,24,25). The molecule has 2 rings (SSSR count). The summed E-state index contributed by atoms with van der Waals surface area (Å²) in [5, 5.41) is 5.58. The van der Waals surface area contributed by atoms with Gasteiger partial charge in [0.05, 0.1) is 12.6 Å². The summed E-state index contributed by atoms with van der Waals surface area (Å²) in [6.45, 7) is 11.3. The predicted molar refractivity (Wildman–Crippen MR) is 110 cm³/mol. The zero-order valence-corrected chi connectivity index (χ0v) is 16.8. The molecule has 2 aromatic rings. The molecule has 0 aromatic heterocycles. The molecule has 146 valence electrons. The Kier molecular flexibility index (Phi) is 7.11. The van der Waals surface area contributed by atoms with Crippen LogP contribution in [0.1, 0.15) is 40.2 Å². The van der Waals surface area contributed by atoms with E-state index in [4.69, 9.17) is 9.47 Å². The molecule has 0 atom stereocenters. The van der Waals surface area contributed by atoms with Crippen LogP contribution in [0.3, 0.4) is 0 Å². The van der Waals surface area contributed by atoms with E-state index >= 15 is 0 Å². The van der Waals surface area contributed by atoms with Gasteiger partial charge in [0.2, 0.25) is 0 Å². The smallest absolute Gasteiger partial charge is 0.319 e. The molecule has 0 radical (unpaired) electrons. The van der Waals surface area contributed by atoms with E-state index in [0.29, 0.717) is 18.8 Å². The molecular formula is C22H30N2O3. The molecule has 0 bridgehead atoms. The van der Waals surface area contributed by atoms with Crippen LogP contribution < -0.4 is 20.1 Å². The van der Waals surface area contributed by atoms with Crippen molar-refractivity contribution in [1.29, 1.82) is 0 Å². The molecule has 0 fully saturated rings. The maximum Gasteiger partial charge on any atom is 0.319 e. The molecular weight excluding hydrogens is 340 g/mol. The van der Waals surface area contributed by atoms with Gasteiger partial charge in [-0.1, -0.05) is 32.9 Å². The van der Waals surface area contributed by atoms with Crippen molar-refractivity contribution in [3.63, 3.8) is 0 Å². The number of carbonyl (C=O) groups is 1. The lowest BCUT2D eigenvalue weighted by molar-refractivity contribution is 0.242. The quantitative estimate of drug-likeness (QED) is 0.676. The Hall–Kier alpha value is -2.69. The van der Waals surface area contributed by atoms with Gasteiger partial charge in [0.25, 0.3) is 0 Å². The number of nitrogens with one attached hydrogen (secondary N) is 2. The lowest BCUT2D eigenvalue weighted by atomic mass is 9.87. The van der Waals surface area contributed by atoms with Crippen molar-refractivity contribution in [1.82, 2.24) is 5.32 Å². The molecule has 0 aliphatic rings. The topological polar surface area (TPSA) is 59.6 Å². The van der Waals surface area contributed by atoms with E-state index in [1.807, 2.05) is 56.3 Å². The minimum absolute atomic E-state index is 0.0767. The highest BCUT2D eigenvalue weighted by Crippen LogP contribution is 2.25. The first-order valence-corrected chi connectivity index (χ1v) is 9.29. The Labute approximate surface area is 162 Å². The molecule has 0 saturated carbocycles. The van der Waals surface area contributed by atoms with E-state index in [1.165, 1.54) is 5.56 Å². The van der Waals surface area contributed by atoms with Gasteiger partial charge in [-0.3, -0.25) is 0 Å². The Morgan fingerprint density at radius 3 is 2.37 bits per heavy atom. The summed E-state index contributed by atoms with van der Waals surface area (Å²) in [7, 11) is 0. The summed E-state index contributed by atoms with van der Waals surface area (Å²) in [5.74, 6) is 1.59. The van der Waals surface area contributed by atoms with Gasteiger partial charge in [0, 0.05) is 5.69 Å². The van der Waals surface area contributed by atoms with Crippen LogP contribution in [0.2, 0.25) is 0 Å². The van der Waals surface area contributed by atoms with E-state index in [0.717, 1.165) is 11.5 Å². The number of hydrogen-bond acceptors (Lipinski definition) is 3. The average molecular weight is 370 g/mol. The van der Waals surface area contributed by atoms with Crippen molar-refractivity contribution in [3.8, 4) is 11.5 Å². The first-order valence-electron chi connectivity index (χ1n) is 9.29. The van der Waals surface area contributed by atoms with Gasteiger partial charge in [-0.25, -0.2) is 4.79 Å². The first kappa shape index (κ1) is 20.6. The van der Waals surface area contributed by atoms with Crippen LogP contribution in [0.4, 0.5) is 10.5 Å². The van der Waals surface area contributed by atoms with Crippen LogP contribution in [-0.2, 0) is 5.41 Å². The second-order valence-corrected chi connectivity index (χ2v) is 7.70. The summed E-state index contributed by atoms with van der Waals surface area (Å²) in [5.41, 5.74) is 2.01. The summed E-state index contributed by atoms with van der Waals surface area (Å²) in [6, 6.07) is 15.1. The highest BCUT2D eigenvalue weighted by molar-refractivity contribution is 5.89. The fourth-order valence-electron chi connectivity index (χ4n) is 2.45. The largest absolute Gasteiger partial charge is 0.492 e. The Morgan fingerprint density at radius 1 is 1.04 bits per heavy atom. The zero-order chi connectivity index (χ0) is 19.9. The van der Waals surface area contributed by atoms with Crippen molar-refractivity contribution < 1.29 is 14.3 Å². The lowest BCUT2D eigenvalue weighted by Crippen LogP contribution is -2.32. The maximum atomic E-state index is 12.0. The number of ether oxygens (including phenoxy) is 2. The van der Waals surface area contributed by atoms with Crippen LogP contribution in [0, 0.1) is 0 Å². The van der Waals surface area contributed by atoms with E-state index in [9.17, 15) is 4.79 Å². The van der Waals surface area contributed by atoms with Crippen molar-refractivity contribution in [2.75, 3.05) is 18.5 Å². The molecule has 0 unspecified atom stereocenters. The second kappa shape index (κ2) is 9.31. The molecule has 27 heavy (non-hydrogen) atoms. The van der Waals surface area contributed by atoms with Crippen molar-refractivity contribution in [3.05, 3.63) is 54.1 Å². The fraction of sp³-hybridized carbons (Fsp3) is 0.409. The lowest BCUT2D eigenvalue weighted by Gasteiger charge is -2.19. The molecule has 0 saturated heterocycles. The maximum absolute atomic E-state index is 12.0. The van der Waals surface area contributed by atoms with Gasteiger partial charge in [-0.05, 0) is 61.2 Å². The summed E-state index contributed by atoms with van der Waals surface area (Å²) in [6.07, 6.45) is 0.121. The first-order chi connectivity index (χ1) is 12.7. The molecule has 0 spiro atoms. The third kappa shape index (κ3) is 7.21. The minimum Gasteiger partial charge on any atom is -0.492 e. The third-order valence-electron chi connectivity index (χ3n) is 3.84. The monoisotopic (exact) mass is 370 g/mol. The molecule has 0 aliphatic heterocycles. The van der Waals surface area contributed by atoms with Crippen LogP contribution in [-0.4, -0.2) is 25.3 Å². The van der Waals surface area contributed by atoms with Crippen LogP contribution >= 0.6 is 0 Å². The zero-order valence-electron chi connectivity index (χ0n) is 16.8. The fourth-order valence-corrected chi connectivity index (χ4v) is 2.45. The van der Waals surface area contributed by atoms with Gasteiger partial charge in [-0.15, -0.1) is 0 Å². The van der Waals surface area contributed by atoms with Crippen LogP contribution in [0.25, 0.3) is 0 Å². The predicted octanol–water partition coefficient (Wildman–Crippen LogP) is 4.97. The third-order valence-corrected chi connectivity index (χ3v) is 3.84. The number of carbonyl (C=O) groups excluding carboxylic acids is 1. The number of anilines is 1. The molecule has 5 nitrogen and oxygen atoms in total. The number of rotatable bonds is 7. The second-order valence-electron chi connectivity index (χ2n) is 7.70. The van der Waals surface area contributed by atoms with Crippen LogP contribution in [0.15, 0.2) is 48.5 Å². The highest BCUT2D eigenvalue weighted by atomic mass is 16.5. The number of benzene rings is 2. The van der Waals surface area contributed by atoms with Crippen molar-refractivity contribution in [2.45, 2.75) is 46.1 Å². The van der Waals surface area contributed by atoms with Crippen molar-refractivity contribution in [2.24, 2.45) is 0 Å². The van der Waals surface area contributed by atoms with Crippen molar-refractivity contribution >= 4 is 11.7 Å². The van der Waals surface area contributed by atoms with Gasteiger partial charge in [0.1, 0.15) is 18.1 Å². The van der Waals surface area contributed by atoms with Gasteiger partial charge >= 0.3 is 6.03 Å². The highest BCUT2D eigenvalue weighted by Gasteiger charge is 2.13. The molecule has 0 aliphatic carbocycles. The molecule has 2 N–H and O–H groups in total. The van der Waals surface area contributed by atoms with Gasteiger partial charge < -0.3 is 20.1 Å². The van der Waals surface area contributed by atoms with E-state index < -0.39 is 0 Å². The molecule has 0 heterocycles. The SMILES string of the molecule is CC(C)Oc1ccc(NC(=O)NCCOc2cccc(C(C)(C)C)c2)cc1. The Bertz CT molecular complexity index is 734. The van der Waals surface area contributed by atoms with Gasteiger partial charge in [-0.2, -0.15) is 0 Å². The summed E-state index contributed by atoms with van der Waals surface area (Å²) < 4.78 is 11.3. The number of amides is 2.